The number of nitrogens with one attached hydrogen (secondary N) is 1. The third-order valence-electron chi connectivity index (χ3n) is 3.08. The molecule has 0 bridgehead atoms. The number of amides is 1. The number of aliphatic hydroxyl groups is 1. The van der Waals surface area contributed by atoms with E-state index in [0.717, 1.165) is 10.8 Å². The second-order valence-corrected chi connectivity index (χ2v) is 4.29. The van der Waals surface area contributed by atoms with Gasteiger partial charge in [-0.25, -0.2) is 0 Å². The first-order chi connectivity index (χ1) is 8.76. The van der Waals surface area contributed by atoms with Crippen LogP contribution in [0.3, 0.4) is 0 Å². The van der Waals surface area contributed by atoms with E-state index in [4.69, 9.17) is 5.11 Å². The largest absolute Gasteiger partial charge is 0.394 e. The third kappa shape index (κ3) is 2.51. The summed E-state index contributed by atoms with van der Waals surface area (Å²) in [4.78, 5) is 12.2. The van der Waals surface area contributed by atoms with Crippen molar-refractivity contribution in [1.29, 1.82) is 0 Å². The maximum atomic E-state index is 12.2. The lowest BCUT2D eigenvalue weighted by molar-refractivity contribution is 0.0916. The van der Waals surface area contributed by atoms with Crippen molar-refractivity contribution < 1.29 is 9.90 Å². The lowest BCUT2D eigenvalue weighted by Gasteiger charge is -2.14. The van der Waals surface area contributed by atoms with Crippen molar-refractivity contribution in [2.45, 2.75) is 19.4 Å². The van der Waals surface area contributed by atoms with Gasteiger partial charge in [0.25, 0.3) is 5.91 Å². The Morgan fingerprint density at radius 2 is 1.94 bits per heavy atom. The van der Waals surface area contributed by atoms with E-state index in [2.05, 4.69) is 5.32 Å². The van der Waals surface area contributed by atoms with E-state index in [1.54, 1.807) is 0 Å². The Hall–Kier alpha value is -1.87. The molecule has 0 aliphatic heterocycles. The number of benzene rings is 2. The molecular weight excluding hydrogens is 226 g/mol. The third-order valence-corrected chi connectivity index (χ3v) is 3.08. The van der Waals surface area contributed by atoms with Crippen molar-refractivity contribution in [2.75, 3.05) is 6.61 Å². The lowest BCUT2D eigenvalue weighted by atomic mass is 10.0. The zero-order chi connectivity index (χ0) is 13.0. The van der Waals surface area contributed by atoms with E-state index in [1.807, 2.05) is 49.4 Å². The van der Waals surface area contributed by atoms with Gasteiger partial charge < -0.3 is 10.4 Å². The molecular formula is C15H17NO2. The molecule has 0 radical (unpaired) electrons. The van der Waals surface area contributed by atoms with Crippen LogP contribution in [0.15, 0.2) is 42.5 Å². The molecule has 0 saturated carbocycles. The van der Waals surface area contributed by atoms with Crippen LogP contribution in [0.2, 0.25) is 0 Å². The van der Waals surface area contributed by atoms with Gasteiger partial charge in [-0.15, -0.1) is 0 Å². The van der Waals surface area contributed by atoms with Crippen molar-refractivity contribution in [3.8, 4) is 0 Å². The number of hydrogen-bond acceptors (Lipinski definition) is 2. The van der Waals surface area contributed by atoms with E-state index in [-0.39, 0.29) is 18.6 Å². The predicted octanol–water partition coefficient (Wildman–Crippen LogP) is 2.34. The Kier molecular flexibility index (Phi) is 3.95. The quantitative estimate of drug-likeness (QED) is 0.866. The summed E-state index contributed by atoms with van der Waals surface area (Å²) in [6.07, 6.45) is 0.715. The van der Waals surface area contributed by atoms with Crippen LogP contribution >= 0.6 is 0 Å². The second-order valence-electron chi connectivity index (χ2n) is 4.29. The Morgan fingerprint density at radius 1 is 1.22 bits per heavy atom. The molecule has 0 aliphatic rings. The van der Waals surface area contributed by atoms with Gasteiger partial charge in [0, 0.05) is 5.56 Å². The first kappa shape index (κ1) is 12.6. The smallest absolute Gasteiger partial charge is 0.252 e. The standard InChI is InChI=1S/C15H17NO2/c1-2-12(10-17)16-15(18)14-9-5-7-11-6-3-4-8-13(11)14/h3-9,12,17H,2,10H2,1H3,(H,16,18)/t12-/m1/s1. The minimum absolute atomic E-state index is 0.0347. The monoisotopic (exact) mass is 243 g/mol. The Labute approximate surface area is 106 Å². The molecule has 2 rings (SSSR count). The number of carbonyl (C=O) groups is 1. The lowest BCUT2D eigenvalue weighted by Crippen LogP contribution is -2.36. The van der Waals surface area contributed by atoms with Crippen LogP contribution < -0.4 is 5.32 Å². The molecule has 1 amide bonds. The number of carbonyl (C=O) groups excluding carboxylic acids is 1. The Balaban J connectivity index is 2.33. The van der Waals surface area contributed by atoms with Crippen molar-refractivity contribution in [3.63, 3.8) is 0 Å². The minimum atomic E-state index is -0.184. The van der Waals surface area contributed by atoms with Crippen LogP contribution in [0.4, 0.5) is 0 Å². The number of aliphatic hydroxyl groups excluding tert-OH is 1. The van der Waals surface area contributed by atoms with Gasteiger partial charge in [0.1, 0.15) is 0 Å². The minimum Gasteiger partial charge on any atom is -0.394 e. The maximum absolute atomic E-state index is 12.2. The van der Waals surface area contributed by atoms with Crippen LogP contribution in [0.1, 0.15) is 23.7 Å². The molecule has 2 aromatic rings. The summed E-state index contributed by atoms with van der Waals surface area (Å²) < 4.78 is 0. The van der Waals surface area contributed by atoms with Crippen LogP contribution in [-0.4, -0.2) is 23.7 Å². The van der Waals surface area contributed by atoms with Crippen LogP contribution in [0, 0.1) is 0 Å². The maximum Gasteiger partial charge on any atom is 0.252 e. The summed E-state index contributed by atoms with van der Waals surface area (Å²) in [6, 6.07) is 13.3. The van der Waals surface area contributed by atoms with Gasteiger partial charge >= 0.3 is 0 Å². The first-order valence-corrected chi connectivity index (χ1v) is 6.15. The molecule has 0 spiro atoms. The summed E-state index contributed by atoms with van der Waals surface area (Å²) in [5, 5.41) is 13.9. The molecule has 0 saturated heterocycles. The molecule has 0 aromatic heterocycles. The molecule has 3 nitrogen and oxygen atoms in total. The molecule has 0 fully saturated rings. The fourth-order valence-electron chi connectivity index (χ4n) is 1.96. The summed E-state index contributed by atoms with van der Waals surface area (Å²) in [7, 11) is 0. The number of fused-ring (bicyclic) bond motifs is 1. The van der Waals surface area contributed by atoms with Gasteiger partial charge in [0.15, 0.2) is 0 Å². The Bertz CT molecular complexity index is 542. The Morgan fingerprint density at radius 3 is 2.67 bits per heavy atom. The second kappa shape index (κ2) is 5.65. The summed E-state index contributed by atoms with van der Waals surface area (Å²) in [5.74, 6) is -0.132. The molecule has 18 heavy (non-hydrogen) atoms. The van der Waals surface area contributed by atoms with Gasteiger partial charge in [-0.2, -0.15) is 0 Å². The van der Waals surface area contributed by atoms with Gasteiger partial charge in [0.2, 0.25) is 0 Å². The highest BCUT2D eigenvalue weighted by molar-refractivity contribution is 6.07. The molecule has 0 unspecified atom stereocenters. The molecule has 0 heterocycles. The highest BCUT2D eigenvalue weighted by Gasteiger charge is 2.13. The zero-order valence-corrected chi connectivity index (χ0v) is 10.4. The fourth-order valence-corrected chi connectivity index (χ4v) is 1.96. The average Bonchev–Trinajstić information content (AvgIpc) is 2.43. The van der Waals surface area contributed by atoms with Gasteiger partial charge in [-0.05, 0) is 23.3 Å². The predicted molar refractivity (Wildman–Crippen MR) is 72.6 cm³/mol. The molecule has 2 aromatic carbocycles. The van der Waals surface area contributed by atoms with E-state index in [1.165, 1.54) is 0 Å². The molecule has 1 atom stereocenters. The zero-order valence-electron chi connectivity index (χ0n) is 10.4. The molecule has 2 N–H and O–H groups in total. The molecule has 0 aliphatic carbocycles. The first-order valence-electron chi connectivity index (χ1n) is 6.15. The topological polar surface area (TPSA) is 49.3 Å². The summed E-state index contributed by atoms with van der Waals surface area (Å²) in [6.45, 7) is 1.90. The fraction of sp³-hybridized carbons (Fsp3) is 0.267. The summed E-state index contributed by atoms with van der Waals surface area (Å²) >= 11 is 0. The SMILES string of the molecule is CC[C@H](CO)NC(=O)c1cccc2ccccc12. The average molecular weight is 243 g/mol. The van der Waals surface area contributed by atoms with Crippen LogP contribution in [-0.2, 0) is 0 Å². The number of hydrogen-bond donors (Lipinski definition) is 2. The molecule has 3 heteroatoms. The van der Waals surface area contributed by atoms with Crippen molar-refractivity contribution >= 4 is 16.7 Å². The van der Waals surface area contributed by atoms with Crippen molar-refractivity contribution in [3.05, 3.63) is 48.0 Å². The van der Waals surface area contributed by atoms with Crippen LogP contribution in [0.5, 0.6) is 0 Å². The normalized spacial score (nSPS) is 12.3. The van der Waals surface area contributed by atoms with Gasteiger partial charge in [-0.3, -0.25) is 4.79 Å². The van der Waals surface area contributed by atoms with Crippen molar-refractivity contribution in [1.82, 2.24) is 5.32 Å². The van der Waals surface area contributed by atoms with E-state index < -0.39 is 0 Å². The van der Waals surface area contributed by atoms with E-state index >= 15 is 0 Å². The van der Waals surface area contributed by atoms with Crippen molar-refractivity contribution in [2.24, 2.45) is 0 Å². The van der Waals surface area contributed by atoms with E-state index in [9.17, 15) is 4.79 Å². The highest BCUT2D eigenvalue weighted by atomic mass is 16.3. The van der Waals surface area contributed by atoms with Gasteiger partial charge in [0.05, 0.1) is 12.6 Å². The van der Waals surface area contributed by atoms with Gasteiger partial charge in [-0.1, -0.05) is 43.3 Å². The number of rotatable bonds is 4. The van der Waals surface area contributed by atoms with E-state index in [0.29, 0.717) is 12.0 Å². The molecule has 94 valence electrons. The van der Waals surface area contributed by atoms with Crippen LogP contribution in [0.25, 0.3) is 10.8 Å². The summed E-state index contributed by atoms with van der Waals surface area (Å²) in [5.41, 5.74) is 0.653. The highest BCUT2D eigenvalue weighted by Crippen LogP contribution is 2.18.